The molecule has 1 aromatic heterocycles. The summed E-state index contributed by atoms with van der Waals surface area (Å²) in [5.41, 5.74) is 0.447. The quantitative estimate of drug-likeness (QED) is 0.680. The fraction of sp³-hybridized carbons (Fsp3) is 0.455. The number of ether oxygens (including phenoxy) is 1. The summed E-state index contributed by atoms with van der Waals surface area (Å²) in [6.07, 6.45) is 2.51. The number of halogens is 1. The third-order valence-electron chi connectivity index (χ3n) is 5.18. The number of carbonyl (C=O) groups is 1. The number of rotatable bonds is 6. The minimum absolute atomic E-state index is 0.0398. The van der Waals surface area contributed by atoms with E-state index in [-0.39, 0.29) is 5.91 Å². The van der Waals surface area contributed by atoms with Gasteiger partial charge in [-0.1, -0.05) is 30.3 Å². The van der Waals surface area contributed by atoms with E-state index in [4.69, 9.17) is 16.3 Å². The number of aliphatic hydroxyl groups is 1. The maximum absolute atomic E-state index is 12.2. The Kier molecular flexibility index (Phi) is 6.98. The fourth-order valence-corrected chi connectivity index (χ4v) is 4.86. The molecule has 3 rings (SSSR count). The largest absolute Gasteiger partial charge is 0.492 e. The van der Waals surface area contributed by atoms with E-state index >= 15 is 0 Å². The van der Waals surface area contributed by atoms with Crippen molar-refractivity contribution in [3.63, 3.8) is 0 Å². The van der Waals surface area contributed by atoms with Gasteiger partial charge in [0.25, 0.3) is 0 Å². The van der Waals surface area contributed by atoms with Crippen LogP contribution in [0.4, 0.5) is 0 Å². The molecule has 0 spiro atoms. The third kappa shape index (κ3) is 5.18. The summed E-state index contributed by atoms with van der Waals surface area (Å²) in [6.45, 7) is 9.06. The molecule has 1 atom stereocenters. The smallest absolute Gasteiger partial charge is 0.248 e. The van der Waals surface area contributed by atoms with Gasteiger partial charge in [0.05, 0.1) is 17.3 Å². The first kappa shape index (κ1) is 21.8. The Bertz CT molecular complexity index is 898. The van der Waals surface area contributed by atoms with Gasteiger partial charge >= 0.3 is 0 Å². The molecule has 29 heavy (non-hydrogen) atoms. The summed E-state index contributed by atoms with van der Waals surface area (Å²) >= 11 is 7.66. The second kappa shape index (κ2) is 9.28. The zero-order chi connectivity index (χ0) is 21.0. The molecular weight excluding hydrogens is 408 g/mol. The van der Waals surface area contributed by atoms with Gasteiger partial charge in [-0.25, -0.2) is 4.98 Å². The lowest BCUT2D eigenvalue weighted by molar-refractivity contribution is -0.127. The minimum Gasteiger partial charge on any atom is -0.492 e. The van der Waals surface area contributed by atoms with Crippen LogP contribution in [0.3, 0.4) is 0 Å². The lowest BCUT2D eigenvalue weighted by Crippen LogP contribution is -2.34. The van der Waals surface area contributed by atoms with Crippen LogP contribution in [0.2, 0.25) is 5.02 Å². The van der Waals surface area contributed by atoms with Crippen molar-refractivity contribution < 1.29 is 14.6 Å². The van der Waals surface area contributed by atoms with E-state index in [0.717, 1.165) is 22.0 Å². The average molecular weight is 435 g/mol. The highest BCUT2D eigenvalue weighted by atomic mass is 35.5. The van der Waals surface area contributed by atoms with Crippen LogP contribution in [0.25, 0.3) is 0 Å². The summed E-state index contributed by atoms with van der Waals surface area (Å²) < 4.78 is 5.79. The lowest BCUT2D eigenvalue weighted by Gasteiger charge is -2.24. The monoisotopic (exact) mass is 434 g/mol. The van der Waals surface area contributed by atoms with Crippen LogP contribution in [-0.4, -0.2) is 40.6 Å². The van der Waals surface area contributed by atoms with Gasteiger partial charge in [-0.15, -0.1) is 11.3 Å². The Morgan fingerprint density at radius 2 is 2.14 bits per heavy atom. The molecule has 1 aliphatic rings. The molecule has 7 heteroatoms. The molecule has 1 aliphatic heterocycles. The molecule has 0 aliphatic carbocycles. The molecule has 156 valence electrons. The third-order valence-corrected chi connectivity index (χ3v) is 6.90. The van der Waals surface area contributed by atoms with Crippen molar-refractivity contribution in [1.29, 1.82) is 0 Å². The topological polar surface area (TPSA) is 62.7 Å². The van der Waals surface area contributed by atoms with Gasteiger partial charge in [-0.2, -0.15) is 0 Å². The molecule has 2 aromatic rings. The zero-order valence-electron chi connectivity index (χ0n) is 16.9. The highest BCUT2D eigenvalue weighted by Crippen LogP contribution is 2.37. The van der Waals surface area contributed by atoms with Crippen LogP contribution < -0.4 is 4.74 Å². The Morgan fingerprint density at radius 3 is 2.86 bits per heavy atom. The number of hydrogen-bond acceptors (Lipinski definition) is 5. The first-order valence-corrected chi connectivity index (χ1v) is 11.0. The van der Waals surface area contributed by atoms with Crippen LogP contribution >= 0.6 is 22.9 Å². The average Bonchev–Trinajstić information content (AvgIpc) is 2.94. The van der Waals surface area contributed by atoms with Gasteiger partial charge < -0.3 is 14.7 Å². The number of aryl methyl sites for hydroxylation is 1. The Balaban J connectivity index is 1.65. The van der Waals surface area contributed by atoms with Crippen LogP contribution in [0.1, 0.15) is 41.8 Å². The molecule has 0 bridgehead atoms. The number of aromatic nitrogens is 1. The maximum Gasteiger partial charge on any atom is 0.248 e. The van der Waals surface area contributed by atoms with Crippen molar-refractivity contribution in [3.05, 3.63) is 57.0 Å². The van der Waals surface area contributed by atoms with Crippen LogP contribution in [0, 0.1) is 6.92 Å². The number of thiazole rings is 1. The van der Waals surface area contributed by atoms with Crippen molar-refractivity contribution in [3.8, 4) is 5.75 Å². The van der Waals surface area contributed by atoms with Crippen molar-refractivity contribution in [1.82, 2.24) is 9.88 Å². The summed E-state index contributed by atoms with van der Waals surface area (Å²) in [4.78, 5) is 19.8. The summed E-state index contributed by atoms with van der Waals surface area (Å²) in [7, 11) is 0. The number of carbonyl (C=O) groups excluding carboxylic acids is 1. The van der Waals surface area contributed by atoms with Crippen LogP contribution in [0.15, 0.2) is 36.4 Å². The number of nitrogens with zero attached hydrogens (tertiary/aromatic N) is 2. The summed E-state index contributed by atoms with van der Waals surface area (Å²) in [5.74, 6) is 0.628. The number of benzene rings is 1. The molecule has 5 nitrogen and oxygen atoms in total. The van der Waals surface area contributed by atoms with Gasteiger partial charge in [0.15, 0.2) is 0 Å². The van der Waals surface area contributed by atoms with Gasteiger partial charge in [0, 0.05) is 36.4 Å². The Morgan fingerprint density at radius 1 is 1.38 bits per heavy atom. The van der Waals surface area contributed by atoms with E-state index in [9.17, 15) is 9.90 Å². The Hall–Kier alpha value is -1.89. The lowest BCUT2D eigenvalue weighted by atomic mass is 9.96. The molecule has 1 amide bonds. The van der Waals surface area contributed by atoms with E-state index in [1.54, 1.807) is 17.9 Å². The number of likely N-dealkylation sites (tertiary alicyclic amines) is 1. The molecule has 1 N–H and O–H groups in total. The van der Waals surface area contributed by atoms with Crippen molar-refractivity contribution in [2.24, 2.45) is 0 Å². The molecule has 1 unspecified atom stereocenters. The van der Waals surface area contributed by atoms with E-state index in [2.05, 4.69) is 11.6 Å². The molecular formula is C22H27ClN2O3S. The second-order valence-corrected chi connectivity index (χ2v) is 9.00. The summed E-state index contributed by atoms with van der Waals surface area (Å²) in [6, 6.07) is 7.41. The predicted octanol–water partition coefficient (Wildman–Crippen LogP) is 4.50. The molecule has 0 saturated carbocycles. The van der Waals surface area contributed by atoms with Crippen molar-refractivity contribution in [2.45, 2.75) is 45.1 Å². The number of amides is 1. The number of hydrogen-bond donors (Lipinski definition) is 1. The molecule has 1 aromatic carbocycles. The highest BCUT2D eigenvalue weighted by molar-refractivity contribution is 7.11. The van der Waals surface area contributed by atoms with Gasteiger partial charge in [0.2, 0.25) is 5.91 Å². The normalized spacial score (nSPS) is 19.7. The summed E-state index contributed by atoms with van der Waals surface area (Å²) in [5, 5.41) is 12.6. The first-order valence-electron chi connectivity index (χ1n) is 9.81. The predicted molar refractivity (Wildman–Crippen MR) is 117 cm³/mol. The Labute approximate surface area is 181 Å². The van der Waals surface area contributed by atoms with Crippen molar-refractivity contribution in [2.75, 3.05) is 19.7 Å². The molecule has 2 heterocycles. The number of para-hydroxylation sites is 1. The fourth-order valence-electron chi connectivity index (χ4n) is 3.48. The first-order chi connectivity index (χ1) is 13.8. The van der Waals surface area contributed by atoms with E-state index in [0.29, 0.717) is 55.3 Å². The molecule has 1 saturated heterocycles. The molecule has 1 fully saturated rings. The van der Waals surface area contributed by atoms with Gasteiger partial charge in [-0.3, -0.25) is 4.79 Å². The van der Waals surface area contributed by atoms with E-state index < -0.39 is 5.60 Å². The maximum atomic E-state index is 12.2. The standard InChI is InChI=1S/C22H27ClN2O3S/c1-15(2)20(26)25-12-6-10-22(27,11-13-25)21-24-16(3)19(29-21)9-14-28-18-8-5-4-7-17(18)23/h4-5,7-8,27H,1,6,9-14H2,2-3H3. The van der Waals surface area contributed by atoms with Crippen LogP contribution in [0.5, 0.6) is 5.75 Å². The molecule has 0 radical (unpaired) electrons. The van der Waals surface area contributed by atoms with Gasteiger partial charge in [-0.05, 0) is 38.8 Å². The minimum atomic E-state index is -0.999. The van der Waals surface area contributed by atoms with Gasteiger partial charge in [0.1, 0.15) is 16.4 Å². The SMILES string of the molecule is C=C(C)C(=O)N1CCCC(O)(c2nc(C)c(CCOc3ccccc3Cl)s2)CC1. The second-order valence-electron chi connectivity index (χ2n) is 7.51. The zero-order valence-corrected chi connectivity index (χ0v) is 18.5. The highest BCUT2D eigenvalue weighted by Gasteiger charge is 2.36. The van der Waals surface area contributed by atoms with E-state index in [1.807, 2.05) is 25.1 Å². The van der Waals surface area contributed by atoms with Crippen molar-refractivity contribution >= 4 is 28.8 Å². The van der Waals surface area contributed by atoms with Crippen LogP contribution in [-0.2, 0) is 16.8 Å². The van der Waals surface area contributed by atoms with E-state index in [1.165, 1.54) is 11.3 Å².